The van der Waals surface area contributed by atoms with Gasteiger partial charge in [-0.05, 0) is 31.0 Å². The Bertz CT molecular complexity index is 472. The summed E-state index contributed by atoms with van der Waals surface area (Å²) in [6, 6.07) is 7.06. The Morgan fingerprint density at radius 2 is 1.94 bits per heavy atom. The van der Waals surface area contributed by atoms with Gasteiger partial charge in [-0.25, -0.2) is 0 Å². The van der Waals surface area contributed by atoms with Crippen molar-refractivity contribution in [2.45, 2.75) is 19.4 Å². The van der Waals surface area contributed by atoms with Crippen molar-refractivity contribution in [1.82, 2.24) is 5.32 Å². The molecule has 0 spiro atoms. The molecule has 0 aliphatic heterocycles. The average molecular weight is 268 g/mol. The lowest BCUT2D eigenvalue weighted by Crippen LogP contribution is -2.29. The minimum Gasteiger partial charge on any atom is -0.481 e. The summed E-state index contributed by atoms with van der Waals surface area (Å²) in [4.78, 5) is 22.4. The molecule has 1 fully saturated rings. The topological polar surface area (TPSA) is 66.4 Å². The maximum absolute atomic E-state index is 11.8. The quantitative estimate of drug-likeness (QED) is 0.879. The van der Waals surface area contributed by atoms with Crippen LogP contribution in [0.25, 0.3) is 0 Å². The van der Waals surface area contributed by atoms with Gasteiger partial charge in [-0.15, -0.1) is 0 Å². The van der Waals surface area contributed by atoms with Gasteiger partial charge in [0.1, 0.15) is 0 Å². The van der Waals surface area contributed by atoms with Gasteiger partial charge in [0.2, 0.25) is 5.91 Å². The molecule has 3 atom stereocenters. The molecule has 1 aromatic carbocycles. The number of hydrogen-bond acceptors (Lipinski definition) is 2. The van der Waals surface area contributed by atoms with Gasteiger partial charge in [-0.1, -0.05) is 23.7 Å². The molecule has 2 N–H and O–H groups in total. The Balaban J connectivity index is 1.92. The second-order valence-corrected chi connectivity index (χ2v) is 5.01. The first-order valence-corrected chi connectivity index (χ1v) is 6.15. The van der Waals surface area contributed by atoms with E-state index in [4.69, 9.17) is 16.7 Å². The maximum Gasteiger partial charge on any atom is 0.307 e. The standard InChI is InChI=1S/C13H14ClNO3/c1-7(8-2-4-9(14)5-3-8)15-12(16)10-6-11(10)13(17)18/h2-5,7,10-11H,6H2,1H3,(H,15,16)(H,17,18)/t7?,10-,11+/m1/s1. The number of halogens is 1. The molecule has 0 heterocycles. The zero-order chi connectivity index (χ0) is 13.3. The van der Waals surface area contributed by atoms with Gasteiger partial charge in [0.15, 0.2) is 0 Å². The number of carboxylic acid groups (broad SMARTS) is 1. The van der Waals surface area contributed by atoms with Crippen LogP contribution in [0.2, 0.25) is 5.02 Å². The molecule has 5 heteroatoms. The van der Waals surface area contributed by atoms with Gasteiger partial charge in [-0.3, -0.25) is 9.59 Å². The van der Waals surface area contributed by atoms with Gasteiger partial charge >= 0.3 is 5.97 Å². The zero-order valence-corrected chi connectivity index (χ0v) is 10.6. The van der Waals surface area contributed by atoms with E-state index in [1.165, 1.54) is 0 Å². The minimum absolute atomic E-state index is 0.148. The second-order valence-electron chi connectivity index (χ2n) is 4.57. The Morgan fingerprint density at radius 1 is 1.33 bits per heavy atom. The molecule has 18 heavy (non-hydrogen) atoms. The molecule has 1 aliphatic rings. The van der Waals surface area contributed by atoms with Crippen molar-refractivity contribution in [3.8, 4) is 0 Å². The first-order valence-electron chi connectivity index (χ1n) is 5.77. The lowest BCUT2D eigenvalue weighted by molar-refractivity contribution is -0.140. The molecular weight excluding hydrogens is 254 g/mol. The summed E-state index contributed by atoms with van der Waals surface area (Å²) in [6.45, 7) is 1.86. The fourth-order valence-corrected chi connectivity index (χ4v) is 2.04. The number of carbonyl (C=O) groups is 2. The van der Waals surface area contributed by atoms with Crippen molar-refractivity contribution >= 4 is 23.5 Å². The highest BCUT2D eigenvalue weighted by atomic mass is 35.5. The van der Waals surface area contributed by atoms with E-state index in [1.54, 1.807) is 12.1 Å². The highest BCUT2D eigenvalue weighted by Gasteiger charge is 2.48. The molecule has 0 radical (unpaired) electrons. The summed E-state index contributed by atoms with van der Waals surface area (Å²) in [7, 11) is 0. The average Bonchev–Trinajstić information content (AvgIpc) is 3.09. The monoisotopic (exact) mass is 267 g/mol. The van der Waals surface area contributed by atoms with Crippen molar-refractivity contribution in [3.05, 3.63) is 34.9 Å². The number of benzene rings is 1. The molecule has 1 aliphatic carbocycles. The Labute approximate surface area is 110 Å². The van der Waals surface area contributed by atoms with E-state index in [0.29, 0.717) is 11.4 Å². The van der Waals surface area contributed by atoms with Crippen molar-refractivity contribution in [3.63, 3.8) is 0 Å². The predicted octanol–water partition coefficient (Wildman–Crippen LogP) is 2.24. The Hall–Kier alpha value is -1.55. The molecule has 1 saturated carbocycles. The van der Waals surface area contributed by atoms with E-state index < -0.39 is 11.9 Å². The van der Waals surface area contributed by atoms with Crippen LogP contribution in [0.4, 0.5) is 0 Å². The van der Waals surface area contributed by atoms with Crippen LogP contribution in [0.5, 0.6) is 0 Å². The van der Waals surface area contributed by atoms with Gasteiger partial charge in [-0.2, -0.15) is 0 Å². The van der Waals surface area contributed by atoms with Crippen LogP contribution in [0.1, 0.15) is 24.9 Å². The SMILES string of the molecule is CC(NC(=O)[C@@H]1C[C@@H]1C(=O)O)c1ccc(Cl)cc1. The van der Waals surface area contributed by atoms with Crippen molar-refractivity contribution in [1.29, 1.82) is 0 Å². The van der Waals surface area contributed by atoms with Gasteiger partial charge in [0.25, 0.3) is 0 Å². The van der Waals surface area contributed by atoms with Crippen molar-refractivity contribution < 1.29 is 14.7 Å². The van der Waals surface area contributed by atoms with Crippen molar-refractivity contribution in [2.24, 2.45) is 11.8 Å². The molecular formula is C13H14ClNO3. The molecule has 4 nitrogen and oxygen atoms in total. The van der Waals surface area contributed by atoms with Crippen LogP contribution in [0.3, 0.4) is 0 Å². The molecule has 0 aromatic heterocycles. The van der Waals surface area contributed by atoms with Gasteiger partial charge in [0, 0.05) is 5.02 Å². The third kappa shape index (κ3) is 2.82. The first kappa shape index (κ1) is 12.9. The summed E-state index contributed by atoms with van der Waals surface area (Å²) < 4.78 is 0. The molecule has 0 saturated heterocycles. The molecule has 1 aromatic rings. The molecule has 2 rings (SSSR count). The summed E-state index contributed by atoms with van der Waals surface area (Å²) >= 11 is 5.78. The van der Waals surface area contributed by atoms with E-state index >= 15 is 0 Å². The number of aliphatic carboxylic acids is 1. The van der Waals surface area contributed by atoms with Crippen LogP contribution in [-0.2, 0) is 9.59 Å². The highest BCUT2D eigenvalue weighted by molar-refractivity contribution is 6.30. The largest absolute Gasteiger partial charge is 0.481 e. The third-order valence-electron chi connectivity index (χ3n) is 3.17. The van der Waals surface area contributed by atoms with Crippen LogP contribution < -0.4 is 5.32 Å². The van der Waals surface area contributed by atoms with Crippen LogP contribution in [-0.4, -0.2) is 17.0 Å². The first-order chi connectivity index (χ1) is 8.49. The smallest absolute Gasteiger partial charge is 0.307 e. The normalized spacial score (nSPS) is 23.2. The van der Waals surface area contributed by atoms with Crippen LogP contribution in [0.15, 0.2) is 24.3 Å². The number of carboxylic acids is 1. The lowest BCUT2D eigenvalue weighted by Gasteiger charge is -2.14. The zero-order valence-electron chi connectivity index (χ0n) is 9.89. The molecule has 96 valence electrons. The number of carbonyl (C=O) groups excluding carboxylic acids is 1. The summed E-state index contributed by atoms with van der Waals surface area (Å²) in [5.74, 6) is -1.97. The Kier molecular flexibility index (Phi) is 3.57. The Morgan fingerprint density at radius 3 is 2.44 bits per heavy atom. The van der Waals surface area contributed by atoms with Gasteiger partial charge in [0.05, 0.1) is 17.9 Å². The third-order valence-corrected chi connectivity index (χ3v) is 3.43. The number of rotatable bonds is 4. The van der Waals surface area contributed by atoms with E-state index in [0.717, 1.165) is 5.56 Å². The van der Waals surface area contributed by atoms with Crippen LogP contribution >= 0.6 is 11.6 Å². The van der Waals surface area contributed by atoms with E-state index in [1.807, 2.05) is 19.1 Å². The van der Waals surface area contributed by atoms with Crippen molar-refractivity contribution in [2.75, 3.05) is 0 Å². The number of hydrogen-bond donors (Lipinski definition) is 2. The van der Waals surface area contributed by atoms with E-state index in [2.05, 4.69) is 5.32 Å². The molecule has 0 bridgehead atoms. The van der Waals surface area contributed by atoms with Gasteiger partial charge < -0.3 is 10.4 Å². The minimum atomic E-state index is -0.894. The van der Waals surface area contributed by atoms with Crippen LogP contribution in [0, 0.1) is 11.8 Å². The summed E-state index contributed by atoms with van der Waals surface area (Å²) in [6.07, 6.45) is 0.439. The molecule has 1 amide bonds. The fourth-order valence-electron chi connectivity index (χ4n) is 1.91. The maximum atomic E-state index is 11.8. The van der Waals surface area contributed by atoms with E-state index in [9.17, 15) is 9.59 Å². The lowest BCUT2D eigenvalue weighted by atomic mass is 10.1. The molecule has 1 unspecified atom stereocenters. The fraction of sp³-hybridized carbons (Fsp3) is 0.385. The number of nitrogens with one attached hydrogen (secondary N) is 1. The second kappa shape index (κ2) is 4.98. The summed E-state index contributed by atoms with van der Waals surface area (Å²) in [5.41, 5.74) is 0.945. The summed E-state index contributed by atoms with van der Waals surface area (Å²) in [5, 5.41) is 12.2. The predicted molar refractivity (Wildman–Crippen MR) is 67.2 cm³/mol. The number of amides is 1. The highest BCUT2D eigenvalue weighted by Crippen LogP contribution is 2.39. The van der Waals surface area contributed by atoms with E-state index in [-0.39, 0.29) is 17.9 Å².